The molecule has 0 radical (unpaired) electrons. The molecule has 3 heteroatoms. The number of hydrogen-bond donors (Lipinski definition) is 1. The number of aliphatic hydroxyl groups is 1. The van der Waals surface area contributed by atoms with E-state index in [1.54, 1.807) is 12.1 Å². The van der Waals surface area contributed by atoms with Gasteiger partial charge in [-0.25, -0.2) is 0 Å². The molecule has 0 fully saturated rings. The van der Waals surface area contributed by atoms with E-state index in [2.05, 4.69) is 0 Å². The maximum Gasteiger partial charge on any atom is 0.173 e. The van der Waals surface area contributed by atoms with Crippen LogP contribution in [0.1, 0.15) is 16.8 Å². The zero-order chi connectivity index (χ0) is 9.97. The molecule has 1 aromatic rings. The number of aliphatic hydroxyl groups excluding tert-OH is 1. The first kappa shape index (κ1) is 9.21. The summed E-state index contributed by atoms with van der Waals surface area (Å²) in [5, 5.41) is 8.78. The van der Waals surface area contributed by atoms with Gasteiger partial charge in [0.1, 0.15) is 5.75 Å². The molecule has 1 aromatic carbocycles. The maximum atomic E-state index is 11.8. The lowest BCUT2D eigenvalue weighted by Gasteiger charge is -2.23. The number of carbonyl (C=O) groups excluding carboxylic acids is 1. The zero-order valence-corrected chi connectivity index (χ0v) is 7.77. The van der Waals surface area contributed by atoms with Crippen LogP contribution in [0, 0.1) is 5.92 Å². The first-order chi connectivity index (χ1) is 6.83. The fraction of sp³-hybridized carbons (Fsp3) is 0.364. The van der Waals surface area contributed by atoms with Gasteiger partial charge in [-0.1, -0.05) is 12.1 Å². The summed E-state index contributed by atoms with van der Waals surface area (Å²) < 4.78 is 5.43. The lowest BCUT2D eigenvalue weighted by atomic mass is 9.93. The lowest BCUT2D eigenvalue weighted by Crippen LogP contribution is -2.28. The molecule has 1 atom stereocenters. The molecule has 0 aromatic heterocycles. The van der Waals surface area contributed by atoms with E-state index in [-0.39, 0.29) is 18.3 Å². The van der Waals surface area contributed by atoms with Gasteiger partial charge in [0.2, 0.25) is 0 Å². The Morgan fingerprint density at radius 1 is 1.43 bits per heavy atom. The highest BCUT2D eigenvalue weighted by molar-refractivity contribution is 6.01. The van der Waals surface area contributed by atoms with E-state index in [1.807, 2.05) is 12.1 Å². The molecule has 0 amide bonds. The molecule has 0 bridgehead atoms. The highest BCUT2D eigenvalue weighted by Crippen LogP contribution is 2.27. The van der Waals surface area contributed by atoms with Crippen molar-refractivity contribution in [3.8, 4) is 5.75 Å². The molecule has 0 spiro atoms. The Labute approximate surface area is 82.3 Å². The van der Waals surface area contributed by atoms with Crippen LogP contribution in [-0.4, -0.2) is 24.1 Å². The second kappa shape index (κ2) is 3.80. The van der Waals surface area contributed by atoms with Gasteiger partial charge in [-0.2, -0.15) is 0 Å². The van der Waals surface area contributed by atoms with Crippen LogP contribution in [0.4, 0.5) is 0 Å². The van der Waals surface area contributed by atoms with Gasteiger partial charge in [0.05, 0.1) is 18.1 Å². The Morgan fingerprint density at radius 3 is 3.00 bits per heavy atom. The van der Waals surface area contributed by atoms with Gasteiger partial charge in [-0.3, -0.25) is 4.79 Å². The lowest BCUT2D eigenvalue weighted by molar-refractivity contribution is 0.0793. The monoisotopic (exact) mass is 192 g/mol. The van der Waals surface area contributed by atoms with E-state index in [0.717, 1.165) is 0 Å². The quantitative estimate of drug-likeness (QED) is 0.767. The molecule has 1 aliphatic heterocycles. The fourth-order valence-electron chi connectivity index (χ4n) is 1.65. The number of fused-ring (bicyclic) bond motifs is 1. The second-order valence-corrected chi connectivity index (χ2v) is 3.38. The van der Waals surface area contributed by atoms with E-state index in [4.69, 9.17) is 9.84 Å². The molecule has 1 N–H and O–H groups in total. The largest absolute Gasteiger partial charge is 0.492 e. The molecule has 1 unspecified atom stereocenters. The van der Waals surface area contributed by atoms with Gasteiger partial charge in [-0.15, -0.1) is 0 Å². The Kier molecular flexibility index (Phi) is 2.50. The van der Waals surface area contributed by atoms with Gasteiger partial charge in [0.25, 0.3) is 0 Å². The molecule has 0 saturated carbocycles. The smallest absolute Gasteiger partial charge is 0.173 e. The van der Waals surface area contributed by atoms with Gasteiger partial charge >= 0.3 is 0 Å². The van der Waals surface area contributed by atoms with Gasteiger partial charge in [0, 0.05) is 6.61 Å². The molecule has 0 saturated heterocycles. The van der Waals surface area contributed by atoms with Crippen LogP contribution in [0.2, 0.25) is 0 Å². The Balaban J connectivity index is 2.27. The summed E-state index contributed by atoms with van der Waals surface area (Å²) in [7, 11) is 0. The number of rotatable bonds is 2. The van der Waals surface area contributed by atoms with Crippen LogP contribution in [0.5, 0.6) is 5.75 Å². The van der Waals surface area contributed by atoms with Crippen molar-refractivity contribution in [2.45, 2.75) is 6.42 Å². The van der Waals surface area contributed by atoms with E-state index in [9.17, 15) is 4.79 Å². The minimum absolute atomic E-state index is 0.0297. The molecular weight excluding hydrogens is 180 g/mol. The number of ether oxygens (including phenoxy) is 1. The van der Waals surface area contributed by atoms with Crippen LogP contribution >= 0.6 is 0 Å². The van der Waals surface area contributed by atoms with Crippen molar-refractivity contribution in [1.29, 1.82) is 0 Å². The average Bonchev–Trinajstić information content (AvgIpc) is 2.23. The summed E-state index contributed by atoms with van der Waals surface area (Å²) in [5.41, 5.74) is 0.636. The van der Waals surface area contributed by atoms with E-state index >= 15 is 0 Å². The molecule has 1 aliphatic rings. The summed E-state index contributed by atoms with van der Waals surface area (Å²) >= 11 is 0. The molecule has 14 heavy (non-hydrogen) atoms. The van der Waals surface area contributed by atoms with Crippen molar-refractivity contribution in [2.75, 3.05) is 13.2 Å². The minimum atomic E-state index is -0.185. The summed E-state index contributed by atoms with van der Waals surface area (Å²) in [6.07, 6.45) is 0.479. The number of benzene rings is 1. The van der Waals surface area contributed by atoms with Crippen molar-refractivity contribution < 1.29 is 14.6 Å². The Morgan fingerprint density at radius 2 is 2.21 bits per heavy atom. The topological polar surface area (TPSA) is 46.5 Å². The molecule has 74 valence electrons. The number of para-hydroxylation sites is 1. The standard InChI is InChI=1S/C11H12O3/c12-6-5-8-7-14-10-4-2-1-3-9(10)11(8)13/h1-4,8,12H,5-7H2. The third-order valence-electron chi connectivity index (χ3n) is 2.44. The third-order valence-corrected chi connectivity index (χ3v) is 2.44. The third kappa shape index (κ3) is 1.51. The normalized spacial score (nSPS) is 20.1. The van der Waals surface area contributed by atoms with Crippen LogP contribution in [0.3, 0.4) is 0 Å². The van der Waals surface area contributed by atoms with Gasteiger partial charge in [0.15, 0.2) is 5.78 Å². The number of carbonyl (C=O) groups is 1. The number of Topliss-reactive ketones (excluding diaryl/α,β-unsaturated/α-hetero) is 1. The number of ketones is 1. The summed E-state index contributed by atoms with van der Waals surface area (Å²) in [4.78, 5) is 11.8. The second-order valence-electron chi connectivity index (χ2n) is 3.38. The molecule has 1 heterocycles. The van der Waals surface area contributed by atoms with Crippen molar-refractivity contribution in [1.82, 2.24) is 0 Å². The van der Waals surface area contributed by atoms with Gasteiger partial charge < -0.3 is 9.84 Å². The molecule has 3 nitrogen and oxygen atoms in total. The van der Waals surface area contributed by atoms with Crippen LogP contribution in [0.15, 0.2) is 24.3 Å². The summed E-state index contributed by atoms with van der Waals surface area (Å²) in [5.74, 6) is 0.558. The maximum absolute atomic E-state index is 11.8. The fourth-order valence-corrected chi connectivity index (χ4v) is 1.65. The molecular formula is C11H12O3. The minimum Gasteiger partial charge on any atom is -0.492 e. The highest BCUT2D eigenvalue weighted by atomic mass is 16.5. The van der Waals surface area contributed by atoms with Crippen molar-refractivity contribution >= 4 is 5.78 Å². The van der Waals surface area contributed by atoms with Crippen LogP contribution < -0.4 is 4.74 Å². The first-order valence-corrected chi connectivity index (χ1v) is 4.70. The summed E-state index contributed by atoms with van der Waals surface area (Å²) in [6.45, 7) is 0.415. The zero-order valence-electron chi connectivity index (χ0n) is 7.77. The van der Waals surface area contributed by atoms with Crippen molar-refractivity contribution in [2.24, 2.45) is 5.92 Å². The average molecular weight is 192 g/mol. The van der Waals surface area contributed by atoms with Crippen LogP contribution in [-0.2, 0) is 0 Å². The highest BCUT2D eigenvalue weighted by Gasteiger charge is 2.27. The predicted molar refractivity (Wildman–Crippen MR) is 51.5 cm³/mol. The Hall–Kier alpha value is -1.35. The van der Waals surface area contributed by atoms with E-state index in [0.29, 0.717) is 24.3 Å². The van der Waals surface area contributed by atoms with E-state index < -0.39 is 0 Å². The first-order valence-electron chi connectivity index (χ1n) is 4.70. The summed E-state index contributed by atoms with van der Waals surface area (Å²) in [6, 6.07) is 7.23. The van der Waals surface area contributed by atoms with Crippen LogP contribution in [0.25, 0.3) is 0 Å². The van der Waals surface area contributed by atoms with Gasteiger partial charge in [-0.05, 0) is 18.6 Å². The van der Waals surface area contributed by atoms with E-state index in [1.165, 1.54) is 0 Å². The SMILES string of the molecule is O=C1c2ccccc2OCC1CCO. The number of hydrogen-bond acceptors (Lipinski definition) is 3. The molecule has 2 rings (SSSR count). The molecule has 0 aliphatic carbocycles. The van der Waals surface area contributed by atoms with Crippen molar-refractivity contribution in [3.63, 3.8) is 0 Å². The predicted octanol–water partition coefficient (Wildman–Crippen LogP) is 1.26. The Bertz CT molecular complexity index is 346. The van der Waals surface area contributed by atoms with Crippen molar-refractivity contribution in [3.05, 3.63) is 29.8 Å².